The number of nitrogens with zero attached hydrogens (tertiary/aromatic N) is 1. The SMILES string of the molecule is NC(CN1CCCC1)C1CCOCC1. The van der Waals surface area contributed by atoms with Gasteiger partial charge in [0.05, 0.1) is 0 Å². The Morgan fingerprint density at radius 2 is 1.86 bits per heavy atom. The number of likely N-dealkylation sites (tertiary alicyclic amines) is 1. The molecule has 0 aromatic carbocycles. The fraction of sp³-hybridized carbons (Fsp3) is 1.00. The monoisotopic (exact) mass is 198 g/mol. The molecule has 0 amide bonds. The molecule has 1 atom stereocenters. The lowest BCUT2D eigenvalue weighted by molar-refractivity contribution is 0.0544. The summed E-state index contributed by atoms with van der Waals surface area (Å²) < 4.78 is 5.35. The van der Waals surface area contributed by atoms with Crippen molar-refractivity contribution in [2.24, 2.45) is 11.7 Å². The molecule has 2 saturated heterocycles. The van der Waals surface area contributed by atoms with E-state index in [1.54, 1.807) is 0 Å². The minimum Gasteiger partial charge on any atom is -0.381 e. The van der Waals surface area contributed by atoms with Gasteiger partial charge < -0.3 is 15.4 Å². The van der Waals surface area contributed by atoms with Gasteiger partial charge in [0.15, 0.2) is 0 Å². The lowest BCUT2D eigenvalue weighted by Gasteiger charge is -2.30. The van der Waals surface area contributed by atoms with Crippen molar-refractivity contribution in [1.82, 2.24) is 4.90 Å². The van der Waals surface area contributed by atoms with Gasteiger partial charge in [0.25, 0.3) is 0 Å². The number of ether oxygens (including phenoxy) is 1. The van der Waals surface area contributed by atoms with Gasteiger partial charge in [-0.2, -0.15) is 0 Å². The standard InChI is InChI=1S/C11H22N2O/c12-11(9-13-5-1-2-6-13)10-3-7-14-8-4-10/h10-11H,1-9,12H2. The van der Waals surface area contributed by atoms with Crippen LogP contribution in [-0.2, 0) is 4.74 Å². The third-order valence-corrected chi connectivity index (χ3v) is 3.54. The van der Waals surface area contributed by atoms with Crippen LogP contribution < -0.4 is 5.73 Å². The summed E-state index contributed by atoms with van der Waals surface area (Å²) in [6.45, 7) is 5.45. The van der Waals surface area contributed by atoms with E-state index in [0.29, 0.717) is 12.0 Å². The van der Waals surface area contributed by atoms with E-state index < -0.39 is 0 Å². The molecular formula is C11H22N2O. The van der Waals surface area contributed by atoms with Crippen LogP contribution in [0.2, 0.25) is 0 Å². The van der Waals surface area contributed by atoms with Crippen LogP contribution in [0.3, 0.4) is 0 Å². The zero-order valence-electron chi connectivity index (χ0n) is 8.95. The predicted molar refractivity (Wildman–Crippen MR) is 57.2 cm³/mol. The van der Waals surface area contributed by atoms with Gasteiger partial charge >= 0.3 is 0 Å². The Hall–Kier alpha value is -0.120. The zero-order valence-corrected chi connectivity index (χ0v) is 8.95. The maximum absolute atomic E-state index is 6.23. The smallest absolute Gasteiger partial charge is 0.0469 e. The molecule has 0 bridgehead atoms. The predicted octanol–water partition coefficient (Wildman–Crippen LogP) is 0.836. The summed E-state index contributed by atoms with van der Waals surface area (Å²) in [5.74, 6) is 0.698. The van der Waals surface area contributed by atoms with E-state index in [-0.39, 0.29) is 0 Å². The maximum atomic E-state index is 6.23. The third kappa shape index (κ3) is 2.69. The van der Waals surface area contributed by atoms with Gasteiger partial charge in [-0.25, -0.2) is 0 Å². The Balaban J connectivity index is 1.72. The molecule has 3 heteroatoms. The molecule has 0 spiro atoms. The van der Waals surface area contributed by atoms with E-state index in [1.165, 1.54) is 25.9 Å². The van der Waals surface area contributed by atoms with Crippen LogP contribution in [0.5, 0.6) is 0 Å². The van der Waals surface area contributed by atoms with Gasteiger partial charge in [0, 0.05) is 25.8 Å². The second-order valence-corrected chi connectivity index (χ2v) is 4.62. The number of hydrogen-bond acceptors (Lipinski definition) is 3. The van der Waals surface area contributed by atoms with Gasteiger partial charge in [-0.15, -0.1) is 0 Å². The highest BCUT2D eigenvalue weighted by molar-refractivity contribution is 4.80. The van der Waals surface area contributed by atoms with Gasteiger partial charge in [0.1, 0.15) is 0 Å². The molecule has 0 aromatic heterocycles. The van der Waals surface area contributed by atoms with Crippen molar-refractivity contribution in [3.8, 4) is 0 Å². The van der Waals surface area contributed by atoms with E-state index in [2.05, 4.69) is 4.90 Å². The van der Waals surface area contributed by atoms with E-state index in [9.17, 15) is 0 Å². The third-order valence-electron chi connectivity index (χ3n) is 3.54. The molecule has 0 aliphatic carbocycles. The van der Waals surface area contributed by atoms with Crippen LogP contribution in [0.1, 0.15) is 25.7 Å². The molecule has 14 heavy (non-hydrogen) atoms. The van der Waals surface area contributed by atoms with Crippen molar-refractivity contribution in [2.75, 3.05) is 32.8 Å². The van der Waals surface area contributed by atoms with E-state index >= 15 is 0 Å². The van der Waals surface area contributed by atoms with Crippen molar-refractivity contribution < 1.29 is 4.74 Å². The zero-order chi connectivity index (χ0) is 9.80. The number of nitrogens with two attached hydrogens (primary N) is 1. The first-order valence-electron chi connectivity index (χ1n) is 5.92. The molecule has 2 rings (SSSR count). The number of rotatable bonds is 3. The Kier molecular flexibility index (Phi) is 3.79. The summed E-state index contributed by atoms with van der Waals surface area (Å²) in [6, 6.07) is 0.372. The first-order valence-corrected chi connectivity index (χ1v) is 5.92. The average molecular weight is 198 g/mol. The summed E-state index contributed by atoms with van der Waals surface area (Å²) in [5.41, 5.74) is 6.23. The van der Waals surface area contributed by atoms with Gasteiger partial charge in [-0.3, -0.25) is 0 Å². The van der Waals surface area contributed by atoms with Crippen molar-refractivity contribution in [3.63, 3.8) is 0 Å². The Morgan fingerprint density at radius 3 is 2.50 bits per heavy atom. The van der Waals surface area contributed by atoms with Crippen molar-refractivity contribution in [1.29, 1.82) is 0 Å². The lowest BCUT2D eigenvalue weighted by Crippen LogP contribution is -2.43. The van der Waals surface area contributed by atoms with Gasteiger partial charge in [-0.05, 0) is 44.7 Å². The topological polar surface area (TPSA) is 38.5 Å². The fourth-order valence-electron chi connectivity index (χ4n) is 2.56. The van der Waals surface area contributed by atoms with Crippen LogP contribution in [0, 0.1) is 5.92 Å². The Morgan fingerprint density at radius 1 is 1.21 bits per heavy atom. The van der Waals surface area contributed by atoms with Crippen LogP contribution in [-0.4, -0.2) is 43.8 Å². The summed E-state index contributed by atoms with van der Waals surface area (Å²) >= 11 is 0. The lowest BCUT2D eigenvalue weighted by atomic mass is 9.92. The first-order chi connectivity index (χ1) is 6.86. The molecule has 2 aliphatic heterocycles. The maximum Gasteiger partial charge on any atom is 0.0469 e. The molecule has 0 saturated carbocycles. The van der Waals surface area contributed by atoms with Crippen molar-refractivity contribution >= 4 is 0 Å². The summed E-state index contributed by atoms with van der Waals surface area (Å²) in [6.07, 6.45) is 5.05. The highest BCUT2D eigenvalue weighted by Crippen LogP contribution is 2.19. The van der Waals surface area contributed by atoms with Gasteiger partial charge in [0.2, 0.25) is 0 Å². The molecule has 3 nitrogen and oxygen atoms in total. The molecule has 2 aliphatic rings. The Labute approximate surface area is 86.6 Å². The van der Waals surface area contributed by atoms with Crippen LogP contribution in [0.4, 0.5) is 0 Å². The van der Waals surface area contributed by atoms with Crippen LogP contribution >= 0.6 is 0 Å². The second kappa shape index (κ2) is 5.10. The molecule has 2 fully saturated rings. The fourth-order valence-corrected chi connectivity index (χ4v) is 2.56. The molecule has 2 N–H and O–H groups in total. The quantitative estimate of drug-likeness (QED) is 0.730. The molecular weight excluding hydrogens is 176 g/mol. The highest BCUT2D eigenvalue weighted by Gasteiger charge is 2.23. The molecule has 0 aromatic rings. The van der Waals surface area contributed by atoms with E-state index in [4.69, 9.17) is 10.5 Å². The molecule has 82 valence electrons. The first kappa shape index (κ1) is 10.4. The second-order valence-electron chi connectivity index (χ2n) is 4.62. The molecule has 0 radical (unpaired) electrons. The average Bonchev–Trinajstić information content (AvgIpc) is 2.72. The van der Waals surface area contributed by atoms with Crippen molar-refractivity contribution in [2.45, 2.75) is 31.7 Å². The number of hydrogen-bond donors (Lipinski definition) is 1. The van der Waals surface area contributed by atoms with E-state index in [1.807, 2.05) is 0 Å². The van der Waals surface area contributed by atoms with Crippen LogP contribution in [0.25, 0.3) is 0 Å². The Bertz CT molecular complexity index is 163. The summed E-state index contributed by atoms with van der Waals surface area (Å²) in [7, 11) is 0. The highest BCUT2D eigenvalue weighted by atomic mass is 16.5. The minimum absolute atomic E-state index is 0.372. The minimum atomic E-state index is 0.372. The molecule has 2 heterocycles. The molecule has 1 unspecified atom stereocenters. The normalized spacial score (nSPS) is 28.1. The van der Waals surface area contributed by atoms with Gasteiger partial charge in [-0.1, -0.05) is 0 Å². The van der Waals surface area contributed by atoms with Crippen LogP contribution in [0.15, 0.2) is 0 Å². The van der Waals surface area contributed by atoms with E-state index in [0.717, 1.165) is 32.6 Å². The summed E-state index contributed by atoms with van der Waals surface area (Å²) in [5, 5.41) is 0. The largest absolute Gasteiger partial charge is 0.381 e. The summed E-state index contributed by atoms with van der Waals surface area (Å²) in [4.78, 5) is 2.51. The van der Waals surface area contributed by atoms with Crippen molar-refractivity contribution in [3.05, 3.63) is 0 Å².